The van der Waals surface area contributed by atoms with Gasteiger partial charge in [0.05, 0.1) is 10.4 Å². The molecule has 0 N–H and O–H groups in total. The lowest BCUT2D eigenvalue weighted by molar-refractivity contribution is 0.581. The van der Waals surface area contributed by atoms with Crippen LogP contribution in [-0.2, 0) is 16.4 Å². The van der Waals surface area contributed by atoms with Crippen LogP contribution in [0.4, 0.5) is 0 Å². The lowest BCUT2D eigenvalue weighted by atomic mass is 10.2. The Morgan fingerprint density at radius 2 is 1.73 bits per heavy atom. The molecule has 3 aromatic rings. The Kier molecular flexibility index (Phi) is 4.18. The molecule has 0 aliphatic rings. The van der Waals surface area contributed by atoms with Gasteiger partial charge in [-0.15, -0.1) is 0 Å². The van der Waals surface area contributed by atoms with Crippen molar-refractivity contribution in [2.24, 2.45) is 0 Å². The Morgan fingerprint density at radius 3 is 2.41 bits per heavy atom. The summed E-state index contributed by atoms with van der Waals surface area (Å²) in [6.45, 7) is 2.53. The molecule has 0 bridgehead atoms. The summed E-state index contributed by atoms with van der Waals surface area (Å²) in [5.74, 6) is 0. The summed E-state index contributed by atoms with van der Waals surface area (Å²) in [5, 5.41) is 1.24. The number of aromatic nitrogens is 1. The van der Waals surface area contributed by atoms with Crippen molar-refractivity contribution < 1.29 is 8.42 Å². The van der Waals surface area contributed by atoms with Gasteiger partial charge in [-0.2, -0.15) is 0 Å². The molecule has 2 aromatic carbocycles. The van der Waals surface area contributed by atoms with Gasteiger partial charge in [-0.3, -0.25) is 0 Å². The minimum Gasteiger partial charge on any atom is -0.332 e. The van der Waals surface area contributed by atoms with Crippen molar-refractivity contribution in [1.82, 2.24) is 4.57 Å². The molecule has 6 heteroatoms. The summed E-state index contributed by atoms with van der Waals surface area (Å²) < 4.78 is 29.4. The van der Waals surface area contributed by atoms with Gasteiger partial charge in [0.15, 0.2) is 0 Å². The number of fused-ring (bicyclic) bond motifs is 1. The van der Waals surface area contributed by atoms with Crippen molar-refractivity contribution in [3.63, 3.8) is 0 Å². The fraction of sp³-hybridized carbons (Fsp3) is 0.125. The second kappa shape index (κ2) is 5.83. The fourth-order valence-electron chi connectivity index (χ4n) is 2.51. The van der Waals surface area contributed by atoms with Crippen LogP contribution in [0.15, 0.2) is 67.4 Å². The summed E-state index contributed by atoms with van der Waals surface area (Å²) >= 11 is 6.77. The molecule has 3 nitrogen and oxygen atoms in total. The van der Waals surface area contributed by atoms with Gasteiger partial charge in [-0.05, 0) is 43.3 Å². The van der Waals surface area contributed by atoms with Gasteiger partial charge in [0.2, 0.25) is 9.84 Å². The van der Waals surface area contributed by atoms with Crippen molar-refractivity contribution in [2.45, 2.75) is 23.4 Å². The van der Waals surface area contributed by atoms with Gasteiger partial charge >= 0.3 is 0 Å². The third-order valence-electron chi connectivity index (χ3n) is 3.53. The summed E-state index contributed by atoms with van der Waals surface area (Å²) in [6, 6.07) is 14.3. The molecule has 0 saturated heterocycles. The van der Waals surface area contributed by atoms with Gasteiger partial charge in [-0.25, -0.2) is 8.42 Å². The first-order chi connectivity index (χ1) is 10.4. The molecule has 1 heterocycles. The number of aryl methyl sites for hydroxylation is 1. The van der Waals surface area contributed by atoms with Crippen LogP contribution in [-0.4, -0.2) is 13.0 Å². The summed E-state index contributed by atoms with van der Waals surface area (Å²) in [6.07, 6.45) is 0. The van der Waals surface area contributed by atoms with Gasteiger partial charge in [0, 0.05) is 20.9 Å². The highest BCUT2D eigenvalue weighted by Crippen LogP contribution is 2.30. The van der Waals surface area contributed by atoms with Crippen LogP contribution in [0.1, 0.15) is 6.92 Å². The minimum absolute atomic E-state index is 0.290. The number of benzene rings is 2. The van der Waals surface area contributed by atoms with E-state index in [0.717, 1.165) is 19.8 Å². The molecule has 0 saturated carbocycles. The average Bonchev–Trinajstić information content (AvgIpc) is 2.85. The predicted molar refractivity (Wildman–Crippen MR) is 94.9 cm³/mol. The molecule has 0 fully saturated rings. The van der Waals surface area contributed by atoms with Crippen molar-refractivity contribution in [3.8, 4) is 0 Å². The molecule has 0 amide bonds. The molecule has 22 heavy (non-hydrogen) atoms. The van der Waals surface area contributed by atoms with Crippen molar-refractivity contribution in [1.29, 1.82) is 0 Å². The van der Waals surface area contributed by atoms with E-state index in [4.69, 9.17) is 0 Å². The zero-order valence-corrected chi connectivity index (χ0v) is 15.7. The molecule has 0 atom stereocenters. The first kappa shape index (κ1) is 15.8. The van der Waals surface area contributed by atoms with E-state index < -0.39 is 9.84 Å². The minimum atomic E-state index is -3.56. The quantitative estimate of drug-likeness (QED) is 0.571. The molecular weight excluding hydrogens is 430 g/mol. The molecule has 0 aliphatic heterocycles. The number of hydrogen-bond donors (Lipinski definition) is 0. The maximum absolute atomic E-state index is 13.0. The van der Waals surface area contributed by atoms with Gasteiger partial charge in [-0.1, -0.05) is 44.0 Å². The zero-order chi connectivity index (χ0) is 15.9. The van der Waals surface area contributed by atoms with E-state index in [1.165, 1.54) is 0 Å². The van der Waals surface area contributed by atoms with Crippen LogP contribution in [0, 0.1) is 0 Å². The van der Waals surface area contributed by atoms with Gasteiger partial charge < -0.3 is 4.57 Å². The van der Waals surface area contributed by atoms with Crippen LogP contribution < -0.4 is 0 Å². The molecular formula is C16H13Br2NO2S. The van der Waals surface area contributed by atoms with Crippen LogP contribution in [0.3, 0.4) is 0 Å². The summed E-state index contributed by atoms with van der Waals surface area (Å²) in [5.41, 5.74) is 0.908. The van der Waals surface area contributed by atoms with Crippen LogP contribution in [0.2, 0.25) is 0 Å². The van der Waals surface area contributed by atoms with E-state index in [-0.39, 0.29) is 0 Å². The Morgan fingerprint density at radius 1 is 1.00 bits per heavy atom. The third-order valence-corrected chi connectivity index (χ3v) is 6.28. The largest absolute Gasteiger partial charge is 0.332 e. The molecule has 0 spiro atoms. The van der Waals surface area contributed by atoms with Gasteiger partial charge in [0.25, 0.3) is 0 Å². The Bertz CT molecular complexity index is 961. The highest BCUT2D eigenvalue weighted by molar-refractivity contribution is 9.10. The van der Waals surface area contributed by atoms with E-state index in [9.17, 15) is 8.42 Å². The monoisotopic (exact) mass is 441 g/mol. The molecule has 114 valence electrons. The topological polar surface area (TPSA) is 39.1 Å². The molecule has 0 unspecified atom stereocenters. The molecule has 3 rings (SSSR count). The average molecular weight is 443 g/mol. The Hall–Kier alpha value is -1.11. The molecule has 1 aromatic heterocycles. The Labute approximate surface area is 146 Å². The van der Waals surface area contributed by atoms with E-state index in [1.54, 1.807) is 24.3 Å². The van der Waals surface area contributed by atoms with Crippen molar-refractivity contribution >= 4 is 52.6 Å². The smallest absolute Gasteiger partial charge is 0.222 e. The lowest BCUT2D eigenvalue weighted by Crippen LogP contribution is -2.09. The predicted octanol–water partition coefficient (Wildman–Crippen LogP) is 5.02. The number of halogens is 2. The lowest BCUT2D eigenvalue weighted by Gasteiger charge is -2.09. The normalized spacial score (nSPS) is 12.0. The van der Waals surface area contributed by atoms with Crippen LogP contribution in [0.5, 0.6) is 0 Å². The standard InChI is InChI=1S/C16H13Br2NO2S/c1-2-19-15-10-13(18)7-6-11(15)8-16(19)22(20,21)14-5-3-4-12(17)9-14/h3-10H,2H2,1H3. The maximum atomic E-state index is 13.0. The second-order valence-electron chi connectivity index (χ2n) is 4.89. The highest BCUT2D eigenvalue weighted by atomic mass is 79.9. The highest BCUT2D eigenvalue weighted by Gasteiger charge is 2.23. The van der Waals surface area contributed by atoms with Crippen molar-refractivity contribution in [3.05, 3.63) is 57.5 Å². The molecule has 0 radical (unpaired) electrons. The van der Waals surface area contributed by atoms with Crippen LogP contribution >= 0.6 is 31.9 Å². The van der Waals surface area contributed by atoms with Gasteiger partial charge in [0.1, 0.15) is 5.03 Å². The number of hydrogen-bond acceptors (Lipinski definition) is 2. The van der Waals surface area contributed by atoms with E-state index in [2.05, 4.69) is 31.9 Å². The zero-order valence-electron chi connectivity index (χ0n) is 11.8. The molecule has 0 aliphatic carbocycles. The first-order valence-corrected chi connectivity index (χ1v) is 9.80. The second-order valence-corrected chi connectivity index (χ2v) is 8.62. The summed E-state index contributed by atoms with van der Waals surface area (Å²) in [7, 11) is -3.56. The summed E-state index contributed by atoms with van der Waals surface area (Å²) in [4.78, 5) is 0.290. The fourth-order valence-corrected chi connectivity index (χ4v) is 4.99. The van der Waals surface area contributed by atoms with Crippen LogP contribution in [0.25, 0.3) is 10.9 Å². The number of sulfone groups is 1. The van der Waals surface area contributed by atoms with Crippen molar-refractivity contribution in [2.75, 3.05) is 0 Å². The van der Waals surface area contributed by atoms with E-state index in [0.29, 0.717) is 16.5 Å². The van der Waals surface area contributed by atoms with E-state index >= 15 is 0 Å². The van der Waals surface area contributed by atoms with E-state index in [1.807, 2.05) is 35.8 Å². The number of nitrogens with zero attached hydrogens (tertiary/aromatic N) is 1. The first-order valence-electron chi connectivity index (χ1n) is 6.73. The SMILES string of the molecule is CCn1c(S(=O)(=O)c2cccc(Br)c2)cc2ccc(Br)cc21. The number of rotatable bonds is 3. The third kappa shape index (κ3) is 2.64. The maximum Gasteiger partial charge on any atom is 0.222 e. The Balaban J connectivity index is 2.29.